The average Bonchev–Trinajstić information content (AvgIpc) is 2.18. The monoisotopic (exact) mass is 173 g/mol. The average molecular weight is 173 g/mol. The van der Waals surface area contributed by atoms with Gasteiger partial charge in [-0.25, -0.2) is 0 Å². The van der Waals surface area contributed by atoms with E-state index in [0.29, 0.717) is 6.42 Å². The fourth-order valence-electron chi connectivity index (χ4n) is 1.52. The Labute approximate surface area is 77.3 Å². The zero-order chi connectivity index (χ0) is 9.26. The second-order valence-electron chi connectivity index (χ2n) is 3.11. The maximum Gasteiger partial charge on any atom is 0.166 e. The van der Waals surface area contributed by atoms with E-state index < -0.39 is 0 Å². The second-order valence-corrected chi connectivity index (χ2v) is 3.11. The summed E-state index contributed by atoms with van der Waals surface area (Å²) in [6.07, 6.45) is 2.38. The van der Waals surface area contributed by atoms with Gasteiger partial charge in [-0.05, 0) is 17.7 Å². The number of carbonyl (C=O) groups is 1. The number of benzene rings is 1. The molecule has 0 radical (unpaired) electrons. The van der Waals surface area contributed by atoms with Crippen LogP contribution in [-0.2, 0) is 0 Å². The van der Waals surface area contributed by atoms with Crippen molar-refractivity contribution in [2.45, 2.75) is 6.42 Å². The van der Waals surface area contributed by atoms with E-state index in [-0.39, 0.29) is 5.78 Å². The highest BCUT2D eigenvalue weighted by Crippen LogP contribution is 2.23. The van der Waals surface area contributed by atoms with E-state index in [1.807, 2.05) is 18.2 Å². The molecule has 1 N–H and O–H groups in total. The zero-order valence-electron chi connectivity index (χ0n) is 7.34. The van der Waals surface area contributed by atoms with E-state index >= 15 is 0 Å². The van der Waals surface area contributed by atoms with E-state index in [4.69, 9.17) is 0 Å². The molecule has 0 aromatic heterocycles. The van der Waals surface area contributed by atoms with Gasteiger partial charge in [0.25, 0.3) is 0 Å². The van der Waals surface area contributed by atoms with Gasteiger partial charge < -0.3 is 5.32 Å². The number of rotatable bonds is 1. The number of fused-ring (bicyclic) bond motifs is 1. The molecule has 2 heteroatoms. The third kappa shape index (κ3) is 1.35. The third-order valence-electron chi connectivity index (χ3n) is 2.25. The van der Waals surface area contributed by atoms with Gasteiger partial charge in [-0.3, -0.25) is 4.79 Å². The third-order valence-corrected chi connectivity index (χ3v) is 2.25. The van der Waals surface area contributed by atoms with Crippen molar-refractivity contribution in [2.24, 2.45) is 0 Å². The van der Waals surface area contributed by atoms with Gasteiger partial charge >= 0.3 is 0 Å². The molecule has 2 nitrogen and oxygen atoms in total. The molecule has 1 heterocycles. The van der Waals surface area contributed by atoms with Crippen molar-refractivity contribution in [1.82, 2.24) is 0 Å². The van der Waals surface area contributed by atoms with Crippen molar-refractivity contribution >= 4 is 17.5 Å². The Hall–Kier alpha value is -1.57. The minimum Gasteiger partial charge on any atom is -0.384 e. The van der Waals surface area contributed by atoms with E-state index in [1.165, 1.54) is 0 Å². The summed E-state index contributed by atoms with van der Waals surface area (Å²) in [5.74, 6) is 0.226. The van der Waals surface area contributed by atoms with Crippen LogP contribution in [0.2, 0.25) is 0 Å². The largest absolute Gasteiger partial charge is 0.384 e. The Morgan fingerprint density at radius 1 is 1.46 bits per heavy atom. The van der Waals surface area contributed by atoms with Crippen molar-refractivity contribution in [1.29, 1.82) is 0 Å². The first-order valence-corrected chi connectivity index (χ1v) is 4.35. The molecule has 0 fully saturated rings. The number of carbonyl (C=O) groups excluding carboxylic acids is 1. The number of ketones is 1. The molecule has 0 atom stereocenters. The number of nitrogens with one attached hydrogen (secondary N) is 1. The molecule has 0 aliphatic carbocycles. The van der Waals surface area contributed by atoms with Crippen LogP contribution < -0.4 is 5.32 Å². The van der Waals surface area contributed by atoms with Crippen LogP contribution in [0.4, 0.5) is 5.69 Å². The molecule has 66 valence electrons. The van der Waals surface area contributed by atoms with Crippen LogP contribution in [0.1, 0.15) is 22.3 Å². The highest BCUT2D eigenvalue weighted by Gasteiger charge is 2.15. The topological polar surface area (TPSA) is 29.1 Å². The molecule has 0 bridgehead atoms. The van der Waals surface area contributed by atoms with Crippen LogP contribution >= 0.6 is 0 Å². The predicted molar refractivity (Wildman–Crippen MR) is 54.0 cm³/mol. The maximum atomic E-state index is 11.4. The fraction of sp³-hybridized carbons (Fsp3) is 0.182. The lowest BCUT2D eigenvalue weighted by Crippen LogP contribution is -2.17. The van der Waals surface area contributed by atoms with Crippen LogP contribution in [0, 0.1) is 0 Å². The highest BCUT2D eigenvalue weighted by molar-refractivity contribution is 6.03. The van der Waals surface area contributed by atoms with Gasteiger partial charge in [0.15, 0.2) is 5.78 Å². The second kappa shape index (κ2) is 3.05. The van der Waals surface area contributed by atoms with Gasteiger partial charge in [0.05, 0.1) is 0 Å². The first kappa shape index (κ1) is 8.05. The van der Waals surface area contributed by atoms with Crippen molar-refractivity contribution in [2.75, 3.05) is 11.9 Å². The minimum atomic E-state index is 0.226. The molecule has 0 saturated carbocycles. The molecule has 13 heavy (non-hydrogen) atoms. The zero-order valence-corrected chi connectivity index (χ0v) is 7.34. The van der Waals surface area contributed by atoms with Gasteiger partial charge in [-0.2, -0.15) is 0 Å². The number of anilines is 1. The Balaban J connectivity index is 2.51. The first-order valence-electron chi connectivity index (χ1n) is 4.35. The molecule has 0 unspecified atom stereocenters. The van der Waals surface area contributed by atoms with Crippen LogP contribution in [-0.4, -0.2) is 12.3 Å². The number of hydrogen-bond acceptors (Lipinski definition) is 2. The molecule has 0 saturated heterocycles. The SMILES string of the molecule is C=Cc1ccc2c(c1)NCCC2=O. The molecule has 1 aliphatic heterocycles. The van der Waals surface area contributed by atoms with E-state index in [0.717, 1.165) is 23.4 Å². The van der Waals surface area contributed by atoms with Crippen molar-refractivity contribution in [3.05, 3.63) is 35.9 Å². The Kier molecular flexibility index (Phi) is 1.89. The molecular formula is C11H11NO. The number of Topliss-reactive ketones (excluding diaryl/α,β-unsaturated/α-hetero) is 1. The van der Waals surface area contributed by atoms with Crippen molar-refractivity contribution in [3.63, 3.8) is 0 Å². The normalized spacial score (nSPS) is 14.6. The summed E-state index contributed by atoms with van der Waals surface area (Å²) in [5.41, 5.74) is 2.78. The minimum absolute atomic E-state index is 0.226. The van der Waals surface area contributed by atoms with Crippen LogP contribution in [0.25, 0.3) is 6.08 Å². The van der Waals surface area contributed by atoms with E-state index in [9.17, 15) is 4.79 Å². The molecule has 2 rings (SSSR count). The van der Waals surface area contributed by atoms with Gasteiger partial charge in [0, 0.05) is 24.2 Å². The van der Waals surface area contributed by atoms with E-state index in [1.54, 1.807) is 6.08 Å². The summed E-state index contributed by atoms with van der Waals surface area (Å²) >= 11 is 0. The fourth-order valence-corrected chi connectivity index (χ4v) is 1.52. The summed E-state index contributed by atoms with van der Waals surface area (Å²) in [6.45, 7) is 4.43. The van der Waals surface area contributed by atoms with Crippen LogP contribution in [0.5, 0.6) is 0 Å². The van der Waals surface area contributed by atoms with Gasteiger partial charge in [0.2, 0.25) is 0 Å². The lowest BCUT2D eigenvalue weighted by molar-refractivity contribution is 0.0984. The summed E-state index contributed by atoms with van der Waals surface area (Å²) in [7, 11) is 0. The van der Waals surface area contributed by atoms with Crippen LogP contribution in [0.15, 0.2) is 24.8 Å². The predicted octanol–water partition coefficient (Wildman–Crippen LogP) is 2.33. The standard InChI is InChI=1S/C11H11NO/c1-2-8-3-4-9-10(7-8)12-6-5-11(9)13/h2-4,7,12H,1,5-6H2. The smallest absolute Gasteiger partial charge is 0.166 e. The van der Waals surface area contributed by atoms with Crippen molar-refractivity contribution in [3.8, 4) is 0 Å². The lowest BCUT2D eigenvalue weighted by atomic mass is 10.0. The molecule has 0 amide bonds. The maximum absolute atomic E-state index is 11.4. The first-order chi connectivity index (χ1) is 6.31. The van der Waals surface area contributed by atoms with Gasteiger partial charge in [-0.1, -0.05) is 18.7 Å². The Morgan fingerprint density at radius 2 is 2.31 bits per heavy atom. The summed E-state index contributed by atoms with van der Waals surface area (Å²) in [4.78, 5) is 11.4. The molecule has 1 aromatic carbocycles. The number of hydrogen-bond donors (Lipinski definition) is 1. The quantitative estimate of drug-likeness (QED) is 0.706. The summed E-state index contributed by atoms with van der Waals surface area (Å²) in [6, 6.07) is 5.73. The lowest BCUT2D eigenvalue weighted by Gasteiger charge is -2.16. The van der Waals surface area contributed by atoms with Crippen LogP contribution in [0.3, 0.4) is 0 Å². The molecular weight excluding hydrogens is 162 g/mol. The van der Waals surface area contributed by atoms with Gasteiger partial charge in [-0.15, -0.1) is 0 Å². The Morgan fingerprint density at radius 3 is 3.08 bits per heavy atom. The summed E-state index contributed by atoms with van der Waals surface area (Å²) in [5, 5.41) is 3.20. The molecule has 1 aromatic rings. The van der Waals surface area contributed by atoms with Crippen molar-refractivity contribution < 1.29 is 4.79 Å². The van der Waals surface area contributed by atoms with Gasteiger partial charge in [0.1, 0.15) is 0 Å². The highest BCUT2D eigenvalue weighted by atomic mass is 16.1. The Bertz CT molecular complexity index is 368. The van der Waals surface area contributed by atoms with E-state index in [2.05, 4.69) is 11.9 Å². The molecule has 0 spiro atoms. The molecule has 1 aliphatic rings. The summed E-state index contributed by atoms with van der Waals surface area (Å²) < 4.78 is 0.